The Kier molecular flexibility index (Phi) is 6.42. The molecular weight excluding hydrogens is 430 g/mol. The fourth-order valence-electron chi connectivity index (χ4n) is 2.15. The number of hydrogen-bond donors (Lipinski definition) is 1. The standard InChI is InChI=1S/C15H12F6N4O5/c1-24-12(11(5-22-24)25(27)28)13(26)23-8-2-9(29-6-14(16,17)18)4-10(3-8)30-7-15(19,20)21/h2-5H,6-7H2,1H3,(H,23,26). The van der Waals surface area contributed by atoms with E-state index in [-0.39, 0.29) is 5.69 Å². The number of rotatable bonds is 7. The van der Waals surface area contributed by atoms with E-state index < -0.39 is 59.3 Å². The van der Waals surface area contributed by atoms with Gasteiger partial charge in [0, 0.05) is 30.9 Å². The Hall–Kier alpha value is -3.52. The number of hydrogen-bond acceptors (Lipinski definition) is 6. The summed E-state index contributed by atoms with van der Waals surface area (Å²) >= 11 is 0. The minimum absolute atomic E-state index is 0.327. The average Bonchev–Trinajstić information content (AvgIpc) is 2.99. The Labute approximate surface area is 163 Å². The van der Waals surface area contributed by atoms with Crippen LogP contribution in [0.15, 0.2) is 24.4 Å². The predicted octanol–water partition coefficient (Wildman–Crippen LogP) is 3.46. The summed E-state index contributed by atoms with van der Waals surface area (Å²) in [5.74, 6) is -2.19. The highest BCUT2D eigenvalue weighted by Crippen LogP contribution is 2.30. The fraction of sp³-hybridized carbons (Fsp3) is 0.333. The number of halogens is 6. The van der Waals surface area contributed by atoms with Crippen LogP contribution in [0.1, 0.15) is 10.5 Å². The van der Waals surface area contributed by atoms with E-state index in [0.717, 1.165) is 29.1 Å². The lowest BCUT2D eigenvalue weighted by molar-refractivity contribution is -0.385. The lowest BCUT2D eigenvalue weighted by atomic mass is 10.2. The van der Waals surface area contributed by atoms with E-state index in [1.54, 1.807) is 0 Å². The highest BCUT2D eigenvalue weighted by Gasteiger charge is 2.30. The molecule has 1 aromatic heterocycles. The van der Waals surface area contributed by atoms with E-state index in [9.17, 15) is 41.3 Å². The maximum Gasteiger partial charge on any atom is 0.422 e. The molecule has 1 amide bonds. The van der Waals surface area contributed by atoms with Crippen molar-refractivity contribution in [1.82, 2.24) is 9.78 Å². The Morgan fingerprint density at radius 2 is 1.60 bits per heavy atom. The van der Waals surface area contributed by atoms with Gasteiger partial charge in [0.25, 0.3) is 5.91 Å². The SMILES string of the molecule is Cn1ncc([N+](=O)[O-])c1C(=O)Nc1cc(OCC(F)(F)F)cc(OCC(F)(F)F)c1. The van der Waals surface area contributed by atoms with Gasteiger partial charge in [0.05, 0.1) is 4.92 Å². The molecule has 15 heteroatoms. The van der Waals surface area contributed by atoms with Crippen molar-refractivity contribution in [3.8, 4) is 11.5 Å². The predicted molar refractivity (Wildman–Crippen MR) is 87.4 cm³/mol. The molecule has 1 N–H and O–H groups in total. The van der Waals surface area contributed by atoms with Crippen LogP contribution < -0.4 is 14.8 Å². The second kappa shape index (κ2) is 8.46. The Balaban J connectivity index is 2.31. The van der Waals surface area contributed by atoms with Gasteiger partial charge in [0.15, 0.2) is 13.2 Å². The summed E-state index contributed by atoms with van der Waals surface area (Å²) in [6.07, 6.45) is -8.67. The lowest BCUT2D eigenvalue weighted by Crippen LogP contribution is -2.21. The molecule has 0 spiro atoms. The molecule has 0 aliphatic carbocycles. The van der Waals surface area contributed by atoms with Gasteiger partial charge in [0.2, 0.25) is 5.69 Å². The number of carbonyl (C=O) groups excluding carboxylic acids is 1. The molecule has 0 radical (unpaired) electrons. The number of nitrogens with zero attached hydrogens (tertiary/aromatic N) is 3. The van der Waals surface area contributed by atoms with E-state index in [4.69, 9.17) is 0 Å². The van der Waals surface area contributed by atoms with Crippen LogP contribution in [-0.4, -0.2) is 46.2 Å². The minimum atomic E-state index is -4.73. The van der Waals surface area contributed by atoms with Gasteiger partial charge in [-0.15, -0.1) is 0 Å². The summed E-state index contributed by atoms with van der Waals surface area (Å²) in [5, 5.41) is 16.7. The summed E-state index contributed by atoms with van der Waals surface area (Å²) in [6.45, 7) is -3.51. The molecule has 0 saturated carbocycles. The lowest BCUT2D eigenvalue weighted by Gasteiger charge is -2.15. The summed E-state index contributed by atoms with van der Waals surface area (Å²) < 4.78 is 84.0. The smallest absolute Gasteiger partial charge is 0.422 e. The molecule has 0 fully saturated rings. The van der Waals surface area contributed by atoms with Crippen molar-refractivity contribution < 1.29 is 45.5 Å². The molecule has 0 aliphatic heterocycles. The molecule has 0 atom stereocenters. The number of nitrogens with one attached hydrogen (secondary N) is 1. The first-order valence-corrected chi connectivity index (χ1v) is 7.77. The zero-order valence-electron chi connectivity index (χ0n) is 14.9. The summed E-state index contributed by atoms with van der Waals surface area (Å²) in [4.78, 5) is 22.5. The van der Waals surface area contributed by atoms with Crippen molar-refractivity contribution in [1.29, 1.82) is 0 Å². The van der Waals surface area contributed by atoms with Crippen molar-refractivity contribution in [3.05, 3.63) is 40.2 Å². The number of aryl methyl sites for hydroxylation is 1. The molecule has 1 heterocycles. The minimum Gasteiger partial charge on any atom is -0.484 e. The summed E-state index contributed by atoms with van der Waals surface area (Å²) in [6, 6.07) is 2.53. The largest absolute Gasteiger partial charge is 0.484 e. The molecule has 2 aromatic rings. The number of benzene rings is 1. The molecule has 164 valence electrons. The first-order chi connectivity index (χ1) is 13.7. The molecule has 0 aliphatic rings. The van der Waals surface area contributed by atoms with Crippen LogP contribution in [-0.2, 0) is 7.05 Å². The average molecular weight is 442 g/mol. The summed E-state index contributed by atoms with van der Waals surface area (Å²) in [7, 11) is 1.22. The van der Waals surface area contributed by atoms with Gasteiger partial charge in [0.1, 0.15) is 17.7 Å². The van der Waals surface area contributed by atoms with Gasteiger partial charge in [-0.3, -0.25) is 19.6 Å². The number of alkyl halides is 6. The first-order valence-electron chi connectivity index (χ1n) is 7.77. The number of ether oxygens (including phenoxy) is 2. The second-order valence-electron chi connectivity index (χ2n) is 5.71. The van der Waals surface area contributed by atoms with Gasteiger partial charge < -0.3 is 14.8 Å². The maximum absolute atomic E-state index is 12.4. The topological polar surface area (TPSA) is 109 Å². The zero-order chi connectivity index (χ0) is 22.7. The van der Waals surface area contributed by atoms with Crippen molar-refractivity contribution in [3.63, 3.8) is 0 Å². The van der Waals surface area contributed by atoms with Crippen LogP contribution in [0.25, 0.3) is 0 Å². The third kappa shape index (κ3) is 6.52. The second-order valence-corrected chi connectivity index (χ2v) is 5.71. The van der Waals surface area contributed by atoms with Crippen LogP contribution in [0.4, 0.5) is 37.7 Å². The van der Waals surface area contributed by atoms with Gasteiger partial charge in [-0.1, -0.05) is 0 Å². The van der Waals surface area contributed by atoms with E-state index in [2.05, 4.69) is 19.9 Å². The highest BCUT2D eigenvalue weighted by molar-refractivity contribution is 6.05. The van der Waals surface area contributed by atoms with Crippen LogP contribution in [0, 0.1) is 10.1 Å². The molecule has 9 nitrogen and oxygen atoms in total. The van der Waals surface area contributed by atoms with E-state index in [0.29, 0.717) is 0 Å². The maximum atomic E-state index is 12.4. The molecule has 0 bridgehead atoms. The normalized spacial score (nSPS) is 11.8. The van der Waals surface area contributed by atoms with Crippen LogP contribution in [0.3, 0.4) is 0 Å². The fourth-order valence-corrected chi connectivity index (χ4v) is 2.15. The molecule has 30 heavy (non-hydrogen) atoms. The number of anilines is 1. The number of amides is 1. The van der Waals surface area contributed by atoms with Crippen molar-refractivity contribution in [2.45, 2.75) is 12.4 Å². The van der Waals surface area contributed by atoms with Crippen LogP contribution >= 0.6 is 0 Å². The zero-order valence-corrected chi connectivity index (χ0v) is 14.9. The van der Waals surface area contributed by atoms with Crippen LogP contribution in [0.2, 0.25) is 0 Å². The van der Waals surface area contributed by atoms with Gasteiger partial charge in [-0.05, 0) is 0 Å². The van der Waals surface area contributed by atoms with E-state index in [1.807, 2.05) is 0 Å². The van der Waals surface area contributed by atoms with Gasteiger partial charge in [-0.2, -0.15) is 31.4 Å². The van der Waals surface area contributed by atoms with Crippen molar-refractivity contribution in [2.24, 2.45) is 7.05 Å². The van der Waals surface area contributed by atoms with Crippen molar-refractivity contribution in [2.75, 3.05) is 18.5 Å². The Bertz CT molecular complexity index is 904. The monoisotopic (exact) mass is 442 g/mol. The first kappa shape index (κ1) is 22.8. The molecule has 1 aromatic carbocycles. The van der Waals surface area contributed by atoms with Gasteiger partial charge >= 0.3 is 18.0 Å². The third-order valence-electron chi connectivity index (χ3n) is 3.27. The summed E-state index contributed by atoms with van der Waals surface area (Å²) in [5.41, 5.74) is -1.49. The Morgan fingerprint density at radius 1 is 1.10 bits per heavy atom. The van der Waals surface area contributed by atoms with E-state index >= 15 is 0 Å². The van der Waals surface area contributed by atoms with E-state index in [1.165, 1.54) is 7.05 Å². The Morgan fingerprint density at radius 3 is 2.03 bits per heavy atom. The van der Waals surface area contributed by atoms with Crippen molar-refractivity contribution >= 4 is 17.3 Å². The number of nitro groups is 1. The number of carbonyl (C=O) groups is 1. The van der Waals surface area contributed by atoms with Crippen LogP contribution in [0.5, 0.6) is 11.5 Å². The molecule has 0 unspecified atom stereocenters. The molecule has 2 rings (SSSR count). The van der Waals surface area contributed by atoms with Gasteiger partial charge in [-0.25, -0.2) is 0 Å². The highest BCUT2D eigenvalue weighted by atomic mass is 19.4. The number of aromatic nitrogens is 2. The quantitative estimate of drug-likeness (QED) is 0.400. The molecule has 0 saturated heterocycles. The third-order valence-corrected chi connectivity index (χ3v) is 3.27. The molecular formula is C15H12F6N4O5.